The predicted octanol–water partition coefficient (Wildman–Crippen LogP) is 4.46. The molecule has 1 aliphatic rings. The van der Waals surface area contributed by atoms with Crippen molar-refractivity contribution in [3.8, 4) is 5.75 Å². The van der Waals surface area contributed by atoms with Crippen LogP contribution in [-0.4, -0.2) is 23.9 Å². The molecular weight excluding hydrogens is 385 g/mol. The molecule has 0 spiro atoms. The monoisotopic (exact) mass is 403 g/mol. The van der Waals surface area contributed by atoms with Crippen molar-refractivity contribution in [1.29, 1.82) is 0 Å². The van der Waals surface area contributed by atoms with E-state index in [0.717, 1.165) is 0 Å². The minimum absolute atomic E-state index is 0.0476. The van der Waals surface area contributed by atoms with Gasteiger partial charge in [0.2, 0.25) is 0 Å². The van der Waals surface area contributed by atoms with Crippen LogP contribution in [0.3, 0.4) is 0 Å². The fourth-order valence-electron chi connectivity index (χ4n) is 3.55. The fraction of sp³-hybridized carbons (Fsp3) is 0.0833. The Hall–Kier alpha value is -3.93. The lowest BCUT2D eigenvalue weighted by Gasteiger charge is -2.25. The van der Waals surface area contributed by atoms with Gasteiger partial charge in [-0.1, -0.05) is 42.5 Å². The summed E-state index contributed by atoms with van der Waals surface area (Å²) in [6.45, 7) is 0. The Kier molecular flexibility index (Phi) is 5.06. The number of aliphatic hydroxyl groups excluding tert-OH is 1. The fourth-order valence-corrected chi connectivity index (χ4v) is 3.55. The number of nitrogens with zero attached hydrogens (tertiary/aromatic N) is 1. The predicted molar refractivity (Wildman–Crippen MR) is 111 cm³/mol. The molecule has 0 aromatic heterocycles. The number of halogens is 1. The van der Waals surface area contributed by atoms with E-state index in [1.165, 1.54) is 36.3 Å². The summed E-state index contributed by atoms with van der Waals surface area (Å²) in [6.07, 6.45) is 0. The zero-order valence-electron chi connectivity index (χ0n) is 16.1. The largest absolute Gasteiger partial charge is 0.507 e. The zero-order chi connectivity index (χ0) is 21.3. The molecule has 1 unspecified atom stereocenters. The number of hydrogen-bond donors (Lipinski definition) is 1. The highest BCUT2D eigenvalue weighted by Gasteiger charge is 2.46. The summed E-state index contributed by atoms with van der Waals surface area (Å²) in [5.74, 6) is -1.70. The summed E-state index contributed by atoms with van der Waals surface area (Å²) in [7, 11) is 1.53. The van der Waals surface area contributed by atoms with Crippen molar-refractivity contribution in [2.24, 2.45) is 0 Å². The van der Waals surface area contributed by atoms with E-state index in [-0.39, 0.29) is 11.3 Å². The van der Waals surface area contributed by atoms with Crippen LogP contribution >= 0.6 is 0 Å². The highest BCUT2D eigenvalue weighted by atomic mass is 19.1. The van der Waals surface area contributed by atoms with E-state index in [9.17, 15) is 19.1 Å². The van der Waals surface area contributed by atoms with Crippen LogP contribution in [0.25, 0.3) is 5.76 Å². The zero-order valence-corrected chi connectivity index (χ0v) is 16.1. The molecule has 1 aliphatic heterocycles. The molecular formula is C24H18FNO4. The first-order chi connectivity index (χ1) is 14.5. The molecule has 0 saturated carbocycles. The molecule has 1 amide bonds. The molecule has 6 heteroatoms. The van der Waals surface area contributed by atoms with Gasteiger partial charge in [-0.25, -0.2) is 4.39 Å². The normalized spacial score (nSPS) is 17.9. The number of ether oxygens (including phenoxy) is 1. The summed E-state index contributed by atoms with van der Waals surface area (Å²) in [5.41, 5.74) is 1.33. The van der Waals surface area contributed by atoms with E-state index in [0.29, 0.717) is 22.6 Å². The van der Waals surface area contributed by atoms with Crippen LogP contribution in [0.15, 0.2) is 84.4 Å². The third-order valence-electron chi connectivity index (χ3n) is 5.03. The number of methoxy groups -OCH3 is 1. The topological polar surface area (TPSA) is 66.8 Å². The van der Waals surface area contributed by atoms with E-state index in [1.54, 1.807) is 54.6 Å². The van der Waals surface area contributed by atoms with E-state index in [4.69, 9.17) is 4.74 Å². The van der Waals surface area contributed by atoms with Gasteiger partial charge in [0.1, 0.15) is 17.3 Å². The quantitative estimate of drug-likeness (QED) is 0.397. The van der Waals surface area contributed by atoms with Crippen LogP contribution in [0.4, 0.5) is 10.1 Å². The molecule has 1 heterocycles. The van der Waals surface area contributed by atoms with Gasteiger partial charge in [-0.3, -0.25) is 14.5 Å². The van der Waals surface area contributed by atoms with Gasteiger partial charge in [-0.05, 0) is 42.0 Å². The third-order valence-corrected chi connectivity index (χ3v) is 5.03. The number of carbonyl (C=O) groups excluding carboxylic acids is 2. The van der Waals surface area contributed by atoms with Crippen molar-refractivity contribution in [2.75, 3.05) is 12.0 Å². The molecule has 0 aliphatic carbocycles. The van der Waals surface area contributed by atoms with Gasteiger partial charge in [0.25, 0.3) is 11.7 Å². The Labute approximate surface area is 172 Å². The number of amides is 1. The number of aliphatic hydroxyl groups is 1. The van der Waals surface area contributed by atoms with Gasteiger partial charge in [0.15, 0.2) is 0 Å². The first-order valence-corrected chi connectivity index (χ1v) is 9.27. The Bertz CT molecular complexity index is 1120. The Morgan fingerprint density at radius 2 is 1.57 bits per heavy atom. The van der Waals surface area contributed by atoms with Crippen molar-refractivity contribution < 1.29 is 23.8 Å². The number of anilines is 1. The second kappa shape index (κ2) is 7.83. The molecule has 3 aromatic carbocycles. The van der Waals surface area contributed by atoms with Crippen LogP contribution in [0.5, 0.6) is 5.75 Å². The van der Waals surface area contributed by atoms with E-state index in [2.05, 4.69) is 0 Å². The molecule has 3 aromatic rings. The van der Waals surface area contributed by atoms with E-state index in [1.807, 2.05) is 0 Å². The summed E-state index contributed by atoms with van der Waals surface area (Å²) in [6, 6.07) is 19.8. The van der Waals surface area contributed by atoms with Crippen molar-refractivity contribution in [1.82, 2.24) is 0 Å². The molecule has 1 atom stereocenters. The highest BCUT2D eigenvalue weighted by Crippen LogP contribution is 2.42. The molecule has 1 fully saturated rings. The van der Waals surface area contributed by atoms with Crippen LogP contribution in [-0.2, 0) is 9.59 Å². The van der Waals surface area contributed by atoms with Crippen LogP contribution < -0.4 is 9.64 Å². The molecule has 30 heavy (non-hydrogen) atoms. The number of benzene rings is 3. The van der Waals surface area contributed by atoms with E-state index >= 15 is 0 Å². The number of carbonyl (C=O) groups is 2. The maximum absolute atomic E-state index is 13.5. The molecule has 4 rings (SSSR count). The molecule has 5 nitrogen and oxygen atoms in total. The van der Waals surface area contributed by atoms with Crippen molar-refractivity contribution in [3.05, 3.63) is 101 Å². The lowest BCUT2D eigenvalue weighted by Crippen LogP contribution is -2.29. The summed E-state index contributed by atoms with van der Waals surface area (Å²) in [5, 5.41) is 10.9. The Morgan fingerprint density at radius 1 is 0.933 bits per heavy atom. The Morgan fingerprint density at radius 3 is 2.17 bits per heavy atom. The smallest absolute Gasteiger partial charge is 0.300 e. The lowest BCUT2D eigenvalue weighted by atomic mass is 9.95. The van der Waals surface area contributed by atoms with Gasteiger partial charge < -0.3 is 9.84 Å². The van der Waals surface area contributed by atoms with Gasteiger partial charge in [0, 0.05) is 11.3 Å². The number of rotatable bonds is 4. The van der Waals surface area contributed by atoms with Gasteiger partial charge in [0.05, 0.1) is 18.7 Å². The summed E-state index contributed by atoms with van der Waals surface area (Å²) >= 11 is 0. The number of ketones is 1. The first kappa shape index (κ1) is 19.4. The molecule has 1 N–H and O–H groups in total. The first-order valence-electron chi connectivity index (χ1n) is 9.27. The highest BCUT2D eigenvalue weighted by molar-refractivity contribution is 6.51. The molecule has 0 bridgehead atoms. The number of Topliss-reactive ketones (excluding diaryl/α,β-unsaturated/α-hetero) is 1. The van der Waals surface area contributed by atoms with Gasteiger partial charge >= 0.3 is 0 Å². The lowest BCUT2D eigenvalue weighted by molar-refractivity contribution is -0.132. The second-order valence-electron chi connectivity index (χ2n) is 6.78. The van der Waals surface area contributed by atoms with Crippen molar-refractivity contribution in [2.45, 2.75) is 6.04 Å². The standard InChI is InChI=1S/C24H18FNO4/c1-30-19-13-11-18(12-14-19)26-21(15-7-9-17(25)10-8-15)20(23(28)24(26)29)22(27)16-5-3-2-4-6-16/h2-14,21,27H,1H3/b22-20+. The van der Waals surface area contributed by atoms with E-state index < -0.39 is 23.5 Å². The number of hydrogen-bond acceptors (Lipinski definition) is 4. The van der Waals surface area contributed by atoms with Gasteiger partial charge in [-0.15, -0.1) is 0 Å². The average molecular weight is 403 g/mol. The summed E-state index contributed by atoms with van der Waals surface area (Å²) < 4.78 is 18.7. The molecule has 150 valence electrons. The summed E-state index contributed by atoms with van der Waals surface area (Å²) in [4.78, 5) is 27.3. The van der Waals surface area contributed by atoms with Crippen LogP contribution in [0.1, 0.15) is 17.2 Å². The second-order valence-corrected chi connectivity index (χ2v) is 6.78. The maximum atomic E-state index is 13.5. The average Bonchev–Trinajstić information content (AvgIpc) is 3.05. The van der Waals surface area contributed by atoms with Crippen molar-refractivity contribution >= 4 is 23.1 Å². The molecule has 0 radical (unpaired) electrons. The minimum Gasteiger partial charge on any atom is -0.507 e. The third kappa shape index (κ3) is 3.33. The SMILES string of the molecule is COc1ccc(N2C(=O)C(=O)/C(=C(/O)c3ccccc3)C2c2ccc(F)cc2)cc1. The van der Waals surface area contributed by atoms with Gasteiger partial charge in [-0.2, -0.15) is 0 Å². The maximum Gasteiger partial charge on any atom is 0.300 e. The Balaban J connectivity index is 1.92. The van der Waals surface area contributed by atoms with Crippen LogP contribution in [0.2, 0.25) is 0 Å². The van der Waals surface area contributed by atoms with Crippen LogP contribution in [0, 0.1) is 5.82 Å². The minimum atomic E-state index is -0.904. The molecule has 1 saturated heterocycles. The van der Waals surface area contributed by atoms with Crippen molar-refractivity contribution in [3.63, 3.8) is 0 Å².